The molecule has 63 heavy (non-hydrogen) atoms. The molecule has 0 spiro atoms. The fraction of sp³-hybridized carbons (Fsp3) is 0.0351. The van der Waals surface area contributed by atoms with Crippen molar-refractivity contribution in [1.82, 2.24) is 24.9 Å². The summed E-state index contributed by atoms with van der Waals surface area (Å²) in [6.07, 6.45) is 0. The van der Waals surface area contributed by atoms with Crippen molar-refractivity contribution in [2.45, 2.75) is 11.8 Å². The van der Waals surface area contributed by atoms with Gasteiger partial charge in [0.25, 0.3) is 0 Å². The third kappa shape index (κ3) is 5.87. The molecule has 0 saturated carbocycles. The molecule has 3 aromatic heterocycles. The fourth-order valence-corrected chi connectivity index (χ4v) is 11.1. The quantitative estimate of drug-likeness (QED) is 0.167. The third-order valence-electron chi connectivity index (χ3n) is 12.7. The first-order chi connectivity index (χ1) is 31.2. The van der Waals surface area contributed by atoms with Crippen LogP contribution in [0.3, 0.4) is 0 Å². The van der Waals surface area contributed by atoms with E-state index in [0.717, 1.165) is 44.8 Å². The van der Waals surface area contributed by atoms with Gasteiger partial charge < -0.3 is 0 Å². The third-order valence-corrected chi connectivity index (χ3v) is 13.9. The van der Waals surface area contributed by atoms with E-state index in [0.29, 0.717) is 23.3 Å². The van der Waals surface area contributed by atoms with Gasteiger partial charge in [-0.05, 0) is 57.6 Å². The van der Waals surface area contributed by atoms with Crippen LogP contribution in [0, 0.1) is 0 Å². The second kappa shape index (κ2) is 14.3. The molecule has 5 nitrogen and oxygen atoms in total. The number of fused-ring (bicyclic) bond motifs is 3. The Hall–Kier alpha value is -7.93. The van der Waals surface area contributed by atoms with E-state index in [1.54, 1.807) is 0 Å². The summed E-state index contributed by atoms with van der Waals surface area (Å²) >= 11 is 1.83. The van der Waals surface area contributed by atoms with Gasteiger partial charge in [0.1, 0.15) is 0 Å². The summed E-state index contributed by atoms with van der Waals surface area (Å²) in [4.78, 5) is 25.7. The van der Waals surface area contributed by atoms with Crippen molar-refractivity contribution in [3.05, 3.63) is 234 Å². The molecule has 3 aliphatic carbocycles. The van der Waals surface area contributed by atoms with Gasteiger partial charge in [-0.3, -0.25) is 0 Å². The van der Waals surface area contributed by atoms with Gasteiger partial charge in [-0.15, -0.1) is 11.3 Å². The van der Waals surface area contributed by atoms with Crippen molar-refractivity contribution in [1.29, 1.82) is 0 Å². The zero-order valence-electron chi connectivity index (χ0n) is 33.9. The van der Waals surface area contributed by atoms with Crippen molar-refractivity contribution in [2.75, 3.05) is 0 Å². The summed E-state index contributed by atoms with van der Waals surface area (Å²) in [7, 11) is 0. The smallest absolute Gasteiger partial charge is 0.164 e. The first-order valence-electron chi connectivity index (χ1n) is 21.3. The highest BCUT2D eigenvalue weighted by molar-refractivity contribution is 7.26. The van der Waals surface area contributed by atoms with Crippen LogP contribution in [0.1, 0.15) is 45.2 Å². The maximum atomic E-state index is 5.30. The SMILES string of the molecule is c1ccc(-c2nc(-c3ccc4c(c3)C3c5ccccc5C4c4cc(-c5nc(-c6ccccc6)nc(-c6ccccc6)n5)ccc43)cc(-c3cccc4c3sc3ccccc34)n2)cc1. The number of nitrogens with zero attached hydrogens (tertiary/aromatic N) is 5. The molecule has 0 fully saturated rings. The van der Waals surface area contributed by atoms with E-state index in [1.165, 1.54) is 53.6 Å². The van der Waals surface area contributed by atoms with Crippen LogP contribution in [0.2, 0.25) is 0 Å². The van der Waals surface area contributed by atoms with Gasteiger partial charge in [-0.1, -0.05) is 176 Å². The van der Waals surface area contributed by atoms with Crippen LogP contribution >= 0.6 is 11.3 Å². The molecule has 0 amide bonds. The second-order valence-corrected chi connectivity index (χ2v) is 17.4. The number of hydrogen-bond acceptors (Lipinski definition) is 6. The van der Waals surface area contributed by atoms with Crippen LogP contribution in [0.5, 0.6) is 0 Å². The van der Waals surface area contributed by atoms with Crippen LogP contribution in [-0.4, -0.2) is 24.9 Å². The standard InChI is InChI=1S/C57H35N5S/c1-4-15-34(16-5-1)54-58-48(33-49(59-54)45-25-14-24-44-39-21-12-13-26-50(39)63-53(44)45)37-27-29-42-46(31-37)51-40-22-10-11-23-41(40)52(42)47-32-38(28-30-43(47)51)57-61-55(35-17-6-2-7-18-35)60-56(62-57)36-19-8-3-9-20-36/h1-33,51-52H. The summed E-state index contributed by atoms with van der Waals surface area (Å²) < 4.78 is 2.51. The minimum atomic E-state index is 0.0561. The van der Waals surface area contributed by atoms with Gasteiger partial charge in [0, 0.05) is 65.4 Å². The maximum absolute atomic E-state index is 5.30. The lowest BCUT2D eigenvalue weighted by molar-refractivity contribution is 0.754. The molecule has 3 aliphatic rings. The van der Waals surface area contributed by atoms with E-state index < -0.39 is 0 Å². The number of rotatable bonds is 6. The highest BCUT2D eigenvalue weighted by atomic mass is 32.1. The summed E-state index contributed by atoms with van der Waals surface area (Å²) in [6.45, 7) is 0. The van der Waals surface area contributed by atoms with Gasteiger partial charge in [-0.25, -0.2) is 24.9 Å². The number of thiophene rings is 1. The Morgan fingerprint density at radius 2 is 0.762 bits per heavy atom. The molecule has 2 unspecified atom stereocenters. The highest BCUT2D eigenvalue weighted by Gasteiger charge is 2.41. The van der Waals surface area contributed by atoms with E-state index in [4.69, 9.17) is 24.9 Å². The predicted molar refractivity (Wildman–Crippen MR) is 256 cm³/mol. The summed E-state index contributed by atoms with van der Waals surface area (Å²) in [6, 6.07) is 70.9. The molecule has 6 heteroatoms. The van der Waals surface area contributed by atoms with Crippen LogP contribution in [-0.2, 0) is 0 Å². The van der Waals surface area contributed by atoms with Crippen molar-refractivity contribution in [3.63, 3.8) is 0 Å². The Morgan fingerprint density at radius 1 is 0.302 bits per heavy atom. The molecule has 0 saturated heterocycles. The Bertz CT molecular complexity index is 3530. The average Bonchev–Trinajstić information content (AvgIpc) is 3.75. The van der Waals surface area contributed by atoms with Gasteiger partial charge in [-0.2, -0.15) is 0 Å². The zero-order chi connectivity index (χ0) is 41.4. The Kier molecular flexibility index (Phi) is 8.14. The molecule has 2 atom stereocenters. The largest absolute Gasteiger partial charge is 0.228 e. The molecule has 0 N–H and O–H groups in total. The molecule has 8 aromatic carbocycles. The first-order valence-corrected chi connectivity index (χ1v) is 22.1. The molecule has 11 aromatic rings. The monoisotopic (exact) mass is 821 g/mol. The Balaban J connectivity index is 0.953. The Morgan fingerprint density at radius 3 is 1.38 bits per heavy atom. The Labute approximate surface area is 368 Å². The van der Waals surface area contributed by atoms with Crippen molar-refractivity contribution in [3.8, 4) is 68.1 Å². The molecular weight excluding hydrogens is 787 g/mol. The van der Waals surface area contributed by atoms with Crippen LogP contribution in [0.25, 0.3) is 88.2 Å². The molecule has 294 valence electrons. The minimum Gasteiger partial charge on any atom is -0.228 e. The first kappa shape index (κ1) is 35.8. The minimum absolute atomic E-state index is 0.0561. The zero-order valence-corrected chi connectivity index (χ0v) is 34.7. The van der Waals surface area contributed by atoms with Gasteiger partial charge in [0.15, 0.2) is 23.3 Å². The lowest BCUT2D eigenvalue weighted by atomic mass is 9.60. The predicted octanol–water partition coefficient (Wildman–Crippen LogP) is 14.0. The highest BCUT2D eigenvalue weighted by Crippen LogP contribution is 2.56. The molecule has 3 heterocycles. The fourth-order valence-electron chi connectivity index (χ4n) is 9.85. The van der Waals surface area contributed by atoms with Crippen LogP contribution < -0.4 is 0 Å². The van der Waals surface area contributed by atoms with E-state index in [2.05, 4.69) is 158 Å². The normalized spacial score (nSPS) is 14.7. The molecule has 0 aliphatic heterocycles. The molecule has 2 bridgehead atoms. The van der Waals surface area contributed by atoms with Crippen molar-refractivity contribution in [2.24, 2.45) is 0 Å². The van der Waals surface area contributed by atoms with Crippen LogP contribution in [0.15, 0.2) is 200 Å². The van der Waals surface area contributed by atoms with E-state index in [1.807, 2.05) is 53.8 Å². The number of hydrogen-bond donors (Lipinski definition) is 0. The van der Waals surface area contributed by atoms with Crippen molar-refractivity contribution >= 4 is 31.5 Å². The lowest BCUT2D eigenvalue weighted by Gasteiger charge is -2.42. The van der Waals surface area contributed by atoms with Gasteiger partial charge >= 0.3 is 0 Å². The lowest BCUT2D eigenvalue weighted by Crippen LogP contribution is -2.27. The second-order valence-electron chi connectivity index (χ2n) is 16.3. The van der Waals surface area contributed by atoms with E-state index in [-0.39, 0.29) is 11.8 Å². The summed E-state index contributed by atoms with van der Waals surface area (Å²) in [5, 5.41) is 2.53. The number of aromatic nitrogens is 5. The average molecular weight is 822 g/mol. The molecule has 14 rings (SSSR count). The molecular formula is C57H35N5S. The summed E-state index contributed by atoms with van der Waals surface area (Å²) in [5.74, 6) is 2.81. The molecule has 0 radical (unpaired) electrons. The van der Waals surface area contributed by atoms with Gasteiger partial charge in [0.05, 0.1) is 11.4 Å². The van der Waals surface area contributed by atoms with E-state index in [9.17, 15) is 0 Å². The van der Waals surface area contributed by atoms with E-state index >= 15 is 0 Å². The van der Waals surface area contributed by atoms with Gasteiger partial charge in [0.2, 0.25) is 0 Å². The van der Waals surface area contributed by atoms with Crippen molar-refractivity contribution < 1.29 is 0 Å². The summed E-state index contributed by atoms with van der Waals surface area (Å²) in [5.41, 5.74) is 15.9. The maximum Gasteiger partial charge on any atom is 0.164 e. The topological polar surface area (TPSA) is 64.5 Å². The van der Waals surface area contributed by atoms with Crippen LogP contribution in [0.4, 0.5) is 0 Å². The number of benzene rings is 8.